The molecule has 1 aromatic rings. The molecule has 2 aliphatic rings. The van der Waals surface area contributed by atoms with E-state index in [1.54, 1.807) is 0 Å². The van der Waals surface area contributed by atoms with E-state index in [4.69, 9.17) is 5.73 Å². The van der Waals surface area contributed by atoms with Gasteiger partial charge < -0.3 is 10.3 Å². The molecule has 0 aromatic carbocycles. The van der Waals surface area contributed by atoms with Crippen LogP contribution in [0, 0.1) is 5.92 Å². The zero-order valence-corrected chi connectivity index (χ0v) is 11.4. The van der Waals surface area contributed by atoms with Crippen LogP contribution in [0.2, 0.25) is 0 Å². The van der Waals surface area contributed by atoms with Gasteiger partial charge in [0.2, 0.25) is 0 Å². The molecule has 0 amide bonds. The van der Waals surface area contributed by atoms with E-state index >= 15 is 0 Å². The van der Waals surface area contributed by atoms with Crippen molar-refractivity contribution in [2.24, 2.45) is 11.7 Å². The first kappa shape index (κ1) is 12.2. The van der Waals surface area contributed by atoms with Crippen molar-refractivity contribution in [1.82, 2.24) is 14.8 Å². The van der Waals surface area contributed by atoms with Crippen LogP contribution in [0.5, 0.6) is 0 Å². The summed E-state index contributed by atoms with van der Waals surface area (Å²) in [7, 11) is 0. The average Bonchev–Trinajstić information content (AvgIpc) is 2.64. The third-order valence-corrected chi connectivity index (χ3v) is 4.72. The van der Waals surface area contributed by atoms with Gasteiger partial charge in [-0.1, -0.05) is 13.3 Å². The van der Waals surface area contributed by atoms with Crippen molar-refractivity contribution in [1.29, 1.82) is 0 Å². The van der Waals surface area contributed by atoms with E-state index in [1.165, 1.54) is 32.1 Å². The molecule has 1 fully saturated rings. The fourth-order valence-electron chi connectivity index (χ4n) is 3.35. The lowest BCUT2D eigenvalue weighted by Crippen LogP contribution is -2.42. The second-order valence-corrected chi connectivity index (χ2v) is 6.24. The highest BCUT2D eigenvalue weighted by atomic mass is 15.3. The van der Waals surface area contributed by atoms with Crippen LogP contribution in [0.4, 0.5) is 0 Å². The van der Waals surface area contributed by atoms with Gasteiger partial charge in [0.1, 0.15) is 5.82 Å². The van der Waals surface area contributed by atoms with Gasteiger partial charge in [0.15, 0.2) is 5.82 Å². The van der Waals surface area contributed by atoms with Crippen molar-refractivity contribution in [3.8, 4) is 0 Å². The van der Waals surface area contributed by atoms with E-state index in [0.29, 0.717) is 0 Å². The van der Waals surface area contributed by atoms with E-state index in [9.17, 15) is 0 Å². The largest absolute Gasteiger partial charge is 0.319 e. The molecule has 0 saturated heterocycles. The van der Waals surface area contributed by atoms with Crippen molar-refractivity contribution in [2.75, 3.05) is 0 Å². The molecule has 0 bridgehead atoms. The normalized spacial score (nSPS) is 32.9. The Kier molecular flexibility index (Phi) is 3.14. The second kappa shape index (κ2) is 4.65. The quantitative estimate of drug-likeness (QED) is 0.830. The summed E-state index contributed by atoms with van der Waals surface area (Å²) in [6, 6.07) is 0. The Bertz CT molecular complexity index is 415. The van der Waals surface area contributed by atoms with Gasteiger partial charge in [0, 0.05) is 13.0 Å². The lowest BCUT2D eigenvalue weighted by atomic mass is 9.77. The zero-order chi connectivity index (χ0) is 12.6. The third kappa shape index (κ3) is 2.07. The standard InChI is InChI=1S/C14H24N4/c1-11-6-8-14(15,9-7-11)13-17-16-12-5-3-2-4-10-18(12)13/h11H,2-10,15H2,1H3. The number of aromatic nitrogens is 3. The Balaban J connectivity index is 1.90. The first-order chi connectivity index (χ1) is 8.69. The van der Waals surface area contributed by atoms with Gasteiger partial charge in [-0.2, -0.15) is 0 Å². The number of nitrogens with zero attached hydrogens (tertiary/aromatic N) is 3. The molecule has 3 rings (SSSR count). The lowest BCUT2D eigenvalue weighted by Gasteiger charge is -2.35. The zero-order valence-electron chi connectivity index (χ0n) is 11.4. The fraction of sp³-hybridized carbons (Fsp3) is 0.857. The Morgan fingerprint density at radius 2 is 1.94 bits per heavy atom. The molecule has 2 N–H and O–H groups in total. The molecule has 4 heteroatoms. The van der Waals surface area contributed by atoms with Gasteiger partial charge >= 0.3 is 0 Å². The van der Waals surface area contributed by atoms with Gasteiger partial charge in [-0.25, -0.2) is 0 Å². The van der Waals surface area contributed by atoms with Gasteiger partial charge in [-0.05, 0) is 44.4 Å². The van der Waals surface area contributed by atoms with E-state index in [1.807, 2.05) is 0 Å². The van der Waals surface area contributed by atoms with Crippen molar-refractivity contribution < 1.29 is 0 Å². The summed E-state index contributed by atoms with van der Waals surface area (Å²) in [6.45, 7) is 3.38. The molecule has 4 nitrogen and oxygen atoms in total. The number of hydrogen-bond donors (Lipinski definition) is 1. The number of aryl methyl sites for hydroxylation is 1. The molecule has 2 heterocycles. The summed E-state index contributed by atoms with van der Waals surface area (Å²) < 4.78 is 2.32. The minimum atomic E-state index is -0.220. The number of rotatable bonds is 1. The molecule has 0 atom stereocenters. The van der Waals surface area contributed by atoms with Crippen LogP contribution in [0.3, 0.4) is 0 Å². The van der Waals surface area contributed by atoms with Crippen LogP contribution in [0.25, 0.3) is 0 Å². The first-order valence-corrected chi connectivity index (χ1v) is 7.40. The molecule has 1 aliphatic carbocycles. The van der Waals surface area contributed by atoms with Crippen LogP contribution >= 0.6 is 0 Å². The Hall–Kier alpha value is -0.900. The first-order valence-electron chi connectivity index (χ1n) is 7.40. The number of nitrogens with two attached hydrogens (primary N) is 1. The maximum absolute atomic E-state index is 6.64. The summed E-state index contributed by atoms with van der Waals surface area (Å²) in [5.74, 6) is 3.03. The minimum absolute atomic E-state index is 0.220. The minimum Gasteiger partial charge on any atom is -0.319 e. The monoisotopic (exact) mass is 248 g/mol. The fourth-order valence-corrected chi connectivity index (χ4v) is 3.35. The summed E-state index contributed by atoms with van der Waals surface area (Å²) in [5.41, 5.74) is 6.42. The van der Waals surface area contributed by atoms with E-state index < -0.39 is 0 Å². The predicted molar refractivity (Wildman–Crippen MR) is 71.1 cm³/mol. The van der Waals surface area contributed by atoms with Gasteiger partial charge in [-0.3, -0.25) is 0 Å². The highest BCUT2D eigenvalue weighted by molar-refractivity contribution is 5.11. The van der Waals surface area contributed by atoms with Crippen LogP contribution in [-0.4, -0.2) is 14.8 Å². The molecule has 0 radical (unpaired) electrons. The summed E-state index contributed by atoms with van der Waals surface area (Å²) in [6.07, 6.45) is 9.42. The summed E-state index contributed by atoms with van der Waals surface area (Å²) >= 11 is 0. The summed E-state index contributed by atoms with van der Waals surface area (Å²) in [4.78, 5) is 0. The Labute approximate surface area is 109 Å². The molecule has 100 valence electrons. The molecule has 1 saturated carbocycles. The molecule has 0 spiro atoms. The molecular formula is C14H24N4. The highest BCUT2D eigenvalue weighted by Gasteiger charge is 2.37. The Morgan fingerprint density at radius 3 is 2.72 bits per heavy atom. The van der Waals surface area contributed by atoms with E-state index in [2.05, 4.69) is 21.7 Å². The third-order valence-electron chi connectivity index (χ3n) is 4.72. The topological polar surface area (TPSA) is 56.7 Å². The second-order valence-electron chi connectivity index (χ2n) is 6.24. The average molecular weight is 248 g/mol. The molecule has 1 aliphatic heterocycles. The van der Waals surface area contributed by atoms with Gasteiger partial charge in [-0.15, -0.1) is 10.2 Å². The predicted octanol–water partition coefficient (Wildman–Crippen LogP) is 2.37. The maximum Gasteiger partial charge on any atom is 0.153 e. The lowest BCUT2D eigenvalue weighted by molar-refractivity contribution is 0.230. The SMILES string of the molecule is CC1CCC(N)(c2nnc3n2CCCCC3)CC1. The highest BCUT2D eigenvalue weighted by Crippen LogP contribution is 2.37. The molecular weight excluding hydrogens is 224 g/mol. The van der Waals surface area contributed by atoms with Crippen LogP contribution in [0.15, 0.2) is 0 Å². The van der Waals surface area contributed by atoms with E-state index in [-0.39, 0.29) is 5.54 Å². The molecule has 0 unspecified atom stereocenters. The smallest absolute Gasteiger partial charge is 0.153 e. The number of hydrogen-bond acceptors (Lipinski definition) is 3. The molecule has 1 aromatic heterocycles. The van der Waals surface area contributed by atoms with E-state index in [0.717, 1.165) is 43.4 Å². The van der Waals surface area contributed by atoms with Crippen LogP contribution in [-0.2, 0) is 18.5 Å². The van der Waals surface area contributed by atoms with Gasteiger partial charge in [0.25, 0.3) is 0 Å². The van der Waals surface area contributed by atoms with Gasteiger partial charge in [0.05, 0.1) is 5.54 Å². The Morgan fingerprint density at radius 1 is 1.17 bits per heavy atom. The van der Waals surface area contributed by atoms with Crippen LogP contribution < -0.4 is 5.73 Å². The van der Waals surface area contributed by atoms with Crippen molar-refractivity contribution in [3.63, 3.8) is 0 Å². The molecule has 18 heavy (non-hydrogen) atoms. The van der Waals surface area contributed by atoms with Crippen molar-refractivity contribution in [3.05, 3.63) is 11.6 Å². The summed E-state index contributed by atoms with van der Waals surface area (Å²) in [5, 5.41) is 8.84. The van der Waals surface area contributed by atoms with Crippen molar-refractivity contribution >= 4 is 0 Å². The van der Waals surface area contributed by atoms with Crippen LogP contribution in [0.1, 0.15) is 63.5 Å². The van der Waals surface area contributed by atoms with Crippen molar-refractivity contribution in [2.45, 2.75) is 70.4 Å². The maximum atomic E-state index is 6.64. The number of fused-ring (bicyclic) bond motifs is 1.